The third kappa shape index (κ3) is 47.2. The van der Waals surface area contributed by atoms with E-state index >= 15 is 0 Å². The van der Waals surface area contributed by atoms with Crippen LogP contribution in [-0.4, -0.2) is 37.2 Å². The van der Waals surface area contributed by atoms with Crippen molar-refractivity contribution in [1.82, 2.24) is 0 Å². The quantitative estimate of drug-likeness (QED) is 0.0200. The highest BCUT2D eigenvalue weighted by molar-refractivity contribution is 5.71. The molecule has 0 aliphatic heterocycles. The highest BCUT2D eigenvalue weighted by Crippen LogP contribution is 2.13. The number of rotatable bonds is 43. The molecule has 0 radical (unpaired) electrons. The van der Waals surface area contributed by atoms with E-state index in [1.807, 2.05) is 0 Å². The number of hydrogen-bond donors (Lipinski definition) is 0. The molecule has 0 aliphatic carbocycles. The maximum Gasteiger partial charge on any atom is 0.306 e. The van der Waals surface area contributed by atoms with E-state index in [9.17, 15) is 14.4 Å². The fraction of sp³-hybridized carbons (Fsp3) is 0.655. The van der Waals surface area contributed by atoms with Crippen LogP contribution in [0.1, 0.15) is 213 Å². The van der Waals surface area contributed by atoms with E-state index in [-0.39, 0.29) is 37.5 Å². The number of carbonyl (C=O) groups excluding carboxylic acids is 3. The van der Waals surface area contributed by atoms with Gasteiger partial charge < -0.3 is 14.2 Å². The fourth-order valence-electron chi connectivity index (χ4n) is 6.44. The van der Waals surface area contributed by atoms with Crippen LogP contribution in [0.3, 0.4) is 0 Å². The second-order valence-corrected chi connectivity index (χ2v) is 16.1. The first kappa shape index (κ1) is 57.3. The number of carbonyl (C=O) groups is 3. The molecule has 1 atom stereocenters. The molecule has 61 heavy (non-hydrogen) atoms. The van der Waals surface area contributed by atoms with E-state index in [0.29, 0.717) is 12.8 Å². The van der Waals surface area contributed by atoms with E-state index in [1.165, 1.54) is 57.8 Å². The molecule has 0 aromatic carbocycles. The van der Waals surface area contributed by atoms with Crippen LogP contribution in [0.2, 0.25) is 0 Å². The van der Waals surface area contributed by atoms with Gasteiger partial charge in [0.25, 0.3) is 0 Å². The van der Waals surface area contributed by atoms with Crippen LogP contribution >= 0.6 is 0 Å². The highest BCUT2D eigenvalue weighted by atomic mass is 16.6. The van der Waals surface area contributed by atoms with E-state index in [0.717, 1.165) is 116 Å². The summed E-state index contributed by atoms with van der Waals surface area (Å²) in [5, 5.41) is 0. The molecule has 0 heterocycles. The Kier molecular flexibility index (Phi) is 46.0. The number of hydrogen-bond acceptors (Lipinski definition) is 6. The lowest BCUT2D eigenvalue weighted by molar-refractivity contribution is -0.167. The Hall–Kier alpha value is -3.67. The minimum Gasteiger partial charge on any atom is -0.462 e. The van der Waals surface area contributed by atoms with Gasteiger partial charge in [0.05, 0.1) is 0 Å². The highest BCUT2D eigenvalue weighted by Gasteiger charge is 2.19. The van der Waals surface area contributed by atoms with Crippen molar-refractivity contribution < 1.29 is 28.6 Å². The maximum absolute atomic E-state index is 12.8. The molecule has 0 amide bonds. The van der Waals surface area contributed by atoms with Gasteiger partial charge in [-0.25, -0.2) is 0 Å². The SMILES string of the molecule is CC/C=C\C/C=C\C/C=C\C/C=C\CCCCCC(=O)OC(COC(=O)CCCCCCC\C=C/C=C\C=C/C=C\CCCCC)COC(=O)CCCCCCCCCCC. The zero-order valence-corrected chi connectivity index (χ0v) is 39.4. The molecule has 0 N–H and O–H groups in total. The lowest BCUT2D eigenvalue weighted by atomic mass is 10.1. The molecule has 6 nitrogen and oxygen atoms in total. The normalized spacial score (nSPS) is 12.9. The Labute approximate surface area is 375 Å². The van der Waals surface area contributed by atoms with Crippen LogP contribution in [-0.2, 0) is 28.6 Å². The second-order valence-electron chi connectivity index (χ2n) is 16.1. The lowest BCUT2D eigenvalue weighted by Gasteiger charge is -2.18. The molecular weight excluding hydrogens is 757 g/mol. The first-order chi connectivity index (χ1) is 30.0. The zero-order chi connectivity index (χ0) is 44.4. The average Bonchev–Trinajstić information content (AvgIpc) is 3.26. The van der Waals surface area contributed by atoms with Gasteiger partial charge in [-0.2, -0.15) is 0 Å². The van der Waals surface area contributed by atoms with E-state index < -0.39 is 6.10 Å². The Morgan fingerprint density at radius 1 is 0.361 bits per heavy atom. The average molecular weight is 847 g/mol. The summed E-state index contributed by atoms with van der Waals surface area (Å²) in [5.74, 6) is -0.962. The van der Waals surface area contributed by atoms with Crippen molar-refractivity contribution in [2.24, 2.45) is 0 Å². The first-order valence-corrected chi connectivity index (χ1v) is 24.8. The predicted molar refractivity (Wildman–Crippen MR) is 260 cm³/mol. The van der Waals surface area contributed by atoms with Crippen LogP contribution in [0, 0.1) is 0 Å². The molecule has 0 bridgehead atoms. The number of esters is 3. The minimum absolute atomic E-state index is 0.0986. The van der Waals surface area contributed by atoms with Gasteiger partial charge in [-0.05, 0) is 83.5 Å². The molecule has 0 saturated heterocycles. The summed E-state index contributed by atoms with van der Waals surface area (Å²) in [6.07, 6.45) is 63.9. The van der Waals surface area contributed by atoms with Crippen molar-refractivity contribution in [2.75, 3.05) is 13.2 Å². The molecule has 0 saturated carbocycles. The zero-order valence-electron chi connectivity index (χ0n) is 39.4. The summed E-state index contributed by atoms with van der Waals surface area (Å²) in [7, 11) is 0. The van der Waals surface area contributed by atoms with Crippen LogP contribution in [0.5, 0.6) is 0 Å². The van der Waals surface area contributed by atoms with Crippen LogP contribution in [0.15, 0.2) is 97.2 Å². The van der Waals surface area contributed by atoms with Gasteiger partial charge in [-0.1, -0.05) is 208 Å². The van der Waals surface area contributed by atoms with Gasteiger partial charge in [-0.3, -0.25) is 14.4 Å². The molecular formula is C55H90O6. The maximum atomic E-state index is 12.8. The molecule has 0 rings (SSSR count). The molecule has 346 valence electrons. The van der Waals surface area contributed by atoms with Crippen LogP contribution in [0.4, 0.5) is 0 Å². The molecule has 1 unspecified atom stereocenters. The summed E-state index contributed by atoms with van der Waals surface area (Å²) in [4.78, 5) is 37.8. The van der Waals surface area contributed by atoms with Crippen molar-refractivity contribution in [1.29, 1.82) is 0 Å². The smallest absolute Gasteiger partial charge is 0.306 e. The first-order valence-electron chi connectivity index (χ1n) is 24.8. The largest absolute Gasteiger partial charge is 0.462 e. The van der Waals surface area contributed by atoms with E-state index in [4.69, 9.17) is 14.2 Å². The summed E-state index contributed by atoms with van der Waals surface area (Å²) in [6.45, 7) is 6.40. The summed E-state index contributed by atoms with van der Waals surface area (Å²) >= 11 is 0. The molecule has 0 fully saturated rings. The van der Waals surface area contributed by atoms with Gasteiger partial charge in [0, 0.05) is 19.3 Å². The van der Waals surface area contributed by atoms with Crippen molar-refractivity contribution in [3.8, 4) is 0 Å². The standard InChI is InChI=1S/C55H90O6/c1-4-7-10-13-16-19-21-23-25-27-28-30-31-33-36-39-42-45-48-54(57)60-51-52(50-59-53(56)47-44-41-38-35-18-15-12-9-6-3)61-55(58)49-46-43-40-37-34-32-29-26-24-22-20-17-14-11-8-5-2/h8,11,16-17,19-21,23-28,30,32,34,52H,4-7,9-10,12-15,18,22,29,31,33,35-51H2,1-3H3/b11-8-,19-16-,20-17-,23-21-,26-24-,27-25-,30-28-,34-32-. The van der Waals surface area contributed by atoms with Gasteiger partial charge >= 0.3 is 17.9 Å². The molecule has 0 aromatic heterocycles. The lowest BCUT2D eigenvalue weighted by Crippen LogP contribution is -2.30. The van der Waals surface area contributed by atoms with Crippen molar-refractivity contribution in [3.05, 3.63) is 97.2 Å². The van der Waals surface area contributed by atoms with Crippen molar-refractivity contribution >= 4 is 17.9 Å². The third-order valence-corrected chi connectivity index (χ3v) is 10.2. The van der Waals surface area contributed by atoms with Gasteiger partial charge in [0.1, 0.15) is 13.2 Å². The Morgan fingerprint density at radius 2 is 0.705 bits per heavy atom. The van der Waals surface area contributed by atoms with Gasteiger partial charge in [0.15, 0.2) is 6.10 Å². The minimum atomic E-state index is -0.802. The summed E-state index contributed by atoms with van der Waals surface area (Å²) in [6, 6.07) is 0. The van der Waals surface area contributed by atoms with Crippen molar-refractivity contribution in [2.45, 2.75) is 219 Å². The van der Waals surface area contributed by atoms with Crippen LogP contribution in [0.25, 0.3) is 0 Å². The Bertz CT molecular complexity index is 1250. The van der Waals surface area contributed by atoms with Gasteiger partial charge in [-0.15, -0.1) is 0 Å². The number of allylic oxidation sites excluding steroid dienone is 16. The van der Waals surface area contributed by atoms with Gasteiger partial charge in [0.2, 0.25) is 0 Å². The Balaban J connectivity index is 4.46. The van der Waals surface area contributed by atoms with E-state index in [1.54, 1.807) is 0 Å². The second kappa shape index (κ2) is 49.0. The Morgan fingerprint density at radius 3 is 1.20 bits per heavy atom. The topological polar surface area (TPSA) is 78.9 Å². The molecule has 0 aromatic rings. The third-order valence-electron chi connectivity index (χ3n) is 10.2. The molecule has 6 heteroatoms. The summed E-state index contributed by atoms with van der Waals surface area (Å²) in [5.41, 5.74) is 0. The summed E-state index contributed by atoms with van der Waals surface area (Å²) < 4.78 is 16.7. The van der Waals surface area contributed by atoms with E-state index in [2.05, 4.69) is 118 Å². The monoisotopic (exact) mass is 847 g/mol. The molecule has 0 aliphatic rings. The predicted octanol–water partition coefficient (Wildman–Crippen LogP) is 16.2. The number of ether oxygens (including phenoxy) is 3. The van der Waals surface area contributed by atoms with Crippen molar-refractivity contribution in [3.63, 3.8) is 0 Å². The fourth-order valence-corrected chi connectivity index (χ4v) is 6.44. The molecule has 0 spiro atoms. The number of unbranched alkanes of at least 4 members (excludes halogenated alkanes) is 19. The van der Waals surface area contributed by atoms with Crippen LogP contribution < -0.4 is 0 Å².